The minimum Gasteiger partial charge on any atom is -0.373 e. The van der Waals surface area contributed by atoms with Crippen molar-refractivity contribution in [3.63, 3.8) is 0 Å². The molecule has 0 aliphatic carbocycles. The van der Waals surface area contributed by atoms with Crippen LogP contribution in [0.2, 0.25) is 0 Å². The maximum absolute atomic E-state index is 14.4. The average molecular weight is 1360 g/mol. The van der Waals surface area contributed by atoms with Gasteiger partial charge in [-0.3, -0.25) is 32.0 Å². The second kappa shape index (κ2) is 31.3. The molecule has 0 aromatic rings. The number of ether oxygens (including phenoxy) is 7. The van der Waals surface area contributed by atoms with Crippen LogP contribution in [0.5, 0.6) is 0 Å². The van der Waals surface area contributed by atoms with Crippen LogP contribution in [-0.4, -0.2) is 330 Å². The fourth-order valence-corrected chi connectivity index (χ4v) is 20.6. The first-order valence-corrected chi connectivity index (χ1v) is 43.2. The molecule has 7 aliphatic heterocycles. The highest BCUT2D eigenvalue weighted by Crippen LogP contribution is 2.55. The number of rotatable bonds is 28. The summed E-state index contributed by atoms with van der Waals surface area (Å²) in [6.45, 7) is 16.7. The number of morpholine rings is 7. The summed E-state index contributed by atoms with van der Waals surface area (Å²) in [6.07, 6.45) is -5.55. The van der Waals surface area contributed by atoms with Crippen LogP contribution in [-0.2, 0) is 96.8 Å². The summed E-state index contributed by atoms with van der Waals surface area (Å²) in [7, 11) is -18.8. The monoisotopic (exact) mass is 1360 g/mol. The van der Waals surface area contributed by atoms with Crippen molar-refractivity contribution in [1.29, 1.82) is 0 Å². The molecule has 7 heterocycles. The Balaban J connectivity index is 0.844. The quantitative estimate of drug-likeness (QED) is 0.0873. The first-order valence-electron chi connectivity index (χ1n) is 30.8. The van der Waals surface area contributed by atoms with Gasteiger partial charge < -0.3 is 69.7 Å². The largest absolute Gasteiger partial charge is 0.373 e. The molecule has 7 rings (SSSR count). The summed E-state index contributed by atoms with van der Waals surface area (Å²) >= 11 is 0. The topological polar surface area (TPSA) is 275 Å². The van der Waals surface area contributed by atoms with E-state index in [1.165, 1.54) is 60.7 Å². The molecular formula is C49H101N8O21P7. The van der Waals surface area contributed by atoms with Crippen molar-refractivity contribution in [1.82, 2.24) is 37.6 Å². The van der Waals surface area contributed by atoms with Gasteiger partial charge in [-0.15, -0.1) is 0 Å². The van der Waals surface area contributed by atoms with Crippen molar-refractivity contribution in [2.75, 3.05) is 225 Å². The third-order valence-corrected chi connectivity index (χ3v) is 29.7. The van der Waals surface area contributed by atoms with Crippen LogP contribution in [0.1, 0.15) is 31.8 Å². The molecular weight excluding hydrogens is 1250 g/mol. The molecule has 7 fully saturated rings. The van der Waals surface area contributed by atoms with Gasteiger partial charge in [-0.25, -0.2) is 32.7 Å². The molecule has 29 nitrogen and oxygen atoms in total. The molecule has 0 saturated carbocycles. The fraction of sp³-hybridized carbons (Fsp3) is 1.00. The predicted octanol–water partition coefficient (Wildman–Crippen LogP) is 5.51. The molecule has 0 spiro atoms. The van der Waals surface area contributed by atoms with Crippen molar-refractivity contribution in [2.24, 2.45) is 0 Å². The highest BCUT2D eigenvalue weighted by molar-refractivity contribution is 7.57. The molecule has 498 valence electrons. The second-order valence-electron chi connectivity index (χ2n) is 24.0. The van der Waals surface area contributed by atoms with Gasteiger partial charge in [0.25, 0.3) is 52.6 Å². The van der Waals surface area contributed by atoms with E-state index in [2.05, 4.69) is 4.90 Å². The van der Waals surface area contributed by atoms with E-state index in [1.807, 2.05) is 27.8 Å². The third-order valence-electron chi connectivity index (χ3n) is 15.7. The van der Waals surface area contributed by atoms with Crippen LogP contribution in [0.3, 0.4) is 0 Å². The molecule has 6 unspecified atom stereocenters. The first kappa shape index (κ1) is 68.6. The van der Waals surface area contributed by atoms with Gasteiger partial charge in [-0.2, -0.15) is 0 Å². The lowest BCUT2D eigenvalue weighted by Gasteiger charge is -2.42. The standard InChI is InChI=1S/C49H101N8O21P7/c1-39-21-51(7)25-46(75-39)35-72-81(10,60)53-16-19-65-43(26-53)32-69-80(9,59)52-15-18-66-44(27-52)33-70-83(12,62)55-22-41(3)77-48(30-55)37-73-82(11,61)54-17-20-67-45(28-54)34-71-84(13,63)56-23-42(4)78-49(31-56)38-74-85(14,64)57-24-40(2)76-47(29-57)36-68-79(8,58)50(5)6/h39-49H,15-38H2,1-14H3/t39-,40-,41-,42-,43-,44-,45-,46-,47-,48-,49-,79+,80?,81?,82?,83?,84?,85?/m0/s1/i18T,19T,20T/t18-,19+,20+,39-,40-,41-,42-,43-,44-,45-,46-,47-,48-,49-,79+,80?,81?,82?,83?,84?,85?. The molecule has 0 bridgehead atoms. The van der Waals surface area contributed by atoms with E-state index in [-0.39, 0.29) is 143 Å². The zero-order chi connectivity index (χ0) is 65.0. The Morgan fingerprint density at radius 1 is 0.365 bits per heavy atom. The molecule has 7 aliphatic rings. The molecule has 0 N–H and O–H groups in total. The van der Waals surface area contributed by atoms with Gasteiger partial charge in [0.1, 0.15) is 0 Å². The van der Waals surface area contributed by atoms with Gasteiger partial charge in [-0.1, -0.05) is 0 Å². The van der Waals surface area contributed by atoms with Gasteiger partial charge >= 0.3 is 0 Å². The van der Waals surface area contributed by atoms with Gasteiger partial charge in [0.2, 0.25) is 0 Å². The van der Waals surface area contributed by atoms with Crippen molar-refractivity contribution in [3.05, 3.63) is 0 Å². The minimum atomic E-state index is -3.64. The maximum atomic E-state index is 14.4. The normalized spacial score (nSPS) is 39.2. The molecule has 0 radical (unpaired) electrons. The minimum absolute atomic E-state index is 0.00483. The Morgan fingerprint density at radius 3 is 0.882 bits per heavy atom. The smallest absolute Gasteiger partial charge is 0.269 e. The molecule has 36 heteroatoms. The van der Waals surface area contributed by atoms with E-state index >= 15 is 0 Å². The zero-order valence-electron chi connectivity index (χ0n) is 55.2. The summed E-state index contributed by atoms with van der Waals surface area (Å²) < 4.78 is 218. The van der Waals surface area contributed by atoms with E-state index in [1.54, 1.807) is 39.7 Å². The van der Waals surface area contributed by atoms with E-state index in [9.17, 15) is 32.0 Å². The molecule has 0 amide bonds. The van der Waals surface area contributed by atoms with Crippen molar-refractivity contribution >= 4 is 52.6 Å². The molecule has 0 aromatic carbocycles. The van der Waals surface area contributed by atoms with Gasteiger partial charge in [0.05, 0.1) is 137 Å². The first-order chi connectivity index (χ1) is 40.8. The van der Waals surface area contributed by atoms with Crippen LogP contribution in [0.25, 0.3) is 0 Å². The Hall–Kier alpha value is 0.730. The second-order valence-corrected chi connectivity index (χ2v) is 41.3. The molecule has 21 atom stereocenters. The highest BCUT2D eigenvalue weighted by Gasteiger charge is 2.44. The predicted molar refractivity (Wildman–Crippen MR) is 324 cm³/mol. The molecule has 7 saturated heterocycles. The van der Waals surface area contributed by atoms with Crippen LogP contribution >= 0.6 is 52.6 Å². The molecule has 0 aromatic heterocycles. The number of nitrogens with zero attached hydrogens (tertiary/aromatic N) is 8. The van der Waals surface area contributed by atoms with Crippen molar-refractivity contribution in [3.8, 4) is 0 Å². The number of likely N-dealkylation sites (N-methyl/N-ethyl adjacent to an activating group) is 1. The van der Waals surface area contributed by atoms with Gasteiger partial charge in [-0.05, 0) is 48.8 Å². The van der Waals surface area contributed by atoms with Crippen LogP contribution in [0.15, 0.2) is 0 Å². The van der Waals surface area contributed by atoms with E-state index < -0.39 is 115 Å². The third kappa shape index (κ3) is 21.9. The average Bonchev–Trinajstić information content (AvgIpc) is 3.58. The number of hydrogen-bond acceptors (Lipinski definition) is 22. The Labute approximate surface area is 509 Å². The van der Waals surface area contributed by atoms with Crippen LogP contribution < -0.4 is 0 Å². The summed E-state index contributed by atoms with van der Waals surface area (Å²) in [5.41, 5.74) is 0. The van der Waals surface area contributed by atoms with Crippen LogP contribution in [0, 0.1) is 0 Å². The highest BCUT2D eigenvalue weighted by atomic mass is 31.2. The van der Waals surface area contributed by atoms with E-state index in [0.717, 1.165) is 6.54 Å². The zero-order valence-corrected chi connectivity index (χ0v) is 58.5. The van der Waals surface area contributed by atoms with Crippen molar-refractivity contribution in [2.45, 2.75) is 94.8 Å². The van der Waals surface area contributed by atoms with Gasteiger partial charge in [0, 0.05) is 138 Å². The lowest BCUT2D eigenvalue weighted by Crippen LogP contribution is -2.48. The lowest BCUT2D eigenvalue weighted by atomic mass is 10.2. The van der Waals surface area contributed by atoms with Crippen LogP contribution in [0.4, 0.5) is 0 Å². The van der Waals surface area contributed by atoms with E-state index in [4.69, 9.17) is 68.9 Å². The van der Waals surface area contributed by atoms with Crippen molar-refractivity contribution < 1.29 is 101 Å². The fourth-order valence-electron chi connectivity index (χ4n) is 10.8. The lowest BCUT2D eigenvalue weighted by molar-refractivity contribution is -0.0865. The Kier molecular flexibility index (Phi) is 25.3. The number of hydrogen-bond donors (Lipinski definition) is 0. The maximum Gasteiger partial charge on any atom is 0.269 e. The molecule has 85 heavy (non-hydrogen) atoms. The summed E-state index contributed by atoms with van der Waals surface area (Å²) in [6, 6.07) is 0. The Morgan fingerprint density at radius 2 is 0.600 bits per heavy atom. The SMILES string of the molecule is [3H][C@@H]1CN(P(C)(=O)OC[C@@H]2CN(C)C[C@H](C)O2)C[C@@H](COP(C)(=O)N2C[C@@H](COP(C)(=O)N3C[C@@H](COP(C)(=O)N4C[C@@H](COP(C)(=O)N5C[C@@H](COP(C)(=O)N6C[C@@H](CO[P@@](C)(=O)N(C)C)O[C@@H](C)C6)O[C@@H](C)C5)O[C@H]([3H])C4)O[C@@H](C)C3)O[C@@H]([3H])C2)O1. The van der Waals surface area contributed by atoms with Gasteiger partial charge in [0.15, 0.2) is 0 Å². The summed E-state index contributed by atoms with van der Waals surface area (Å²) in [4.78, 5) is 2.13. The Bertz CT molecular complexity index is 2640. The summed E-state index contributed by atoms with van der Waals surface area (Å²) in [5, 5.41) is 0. The van der Waals surface area contributed by atoms with E-state index in [0.29, 0.717) is 13.1 Å². The summed E-state index contributed by atoms with van der Waals surface area (Å²) in [5.74, 6) is 0.